The zero-order valence-corrected chi connectivity index (χ0v) is 18.2. The third-order valence-corrected chi connectivity index (χ3v) is 5.27. The van der Waals surface area contributed by atoms with E-state index in [9.17, 15) is 18.7 Å². The maximum atomic E-state index is 13.7. The molecule has 2 aromatic carbocycles. The number of aromatic nitrogens is 2. The van der Waals surface area contributed by atoms with Crippen LogP contribution in [0.4, 0.5) is 8.78 Å². The summed E-state index contributed by atoms with van der Waals surface area (Å²) in [5, 5.41) is 16.8. The van der Waals surface area contributed by atoms with E-state index in [1.54, 1.807) is 17.8 Å². The van der Waals surface area contributed by atoms with Crippen LogP contribution in [0.1, 0.15) is 34.2 Å². The first kappa shape index (κ1) is 23.6. The van der Waals surface area contributed by atoms with Crippen LogP contribution < -0.4 is 10.6 Å². The second-order valence-corrected chi connectivity index (χ2v) is 7.80. The zero-order valence-electron chi connectivity index (χ0n) is 18.2. The lowest BCUT2D eigenvalue weighted by atomic mass is 10.0. The molecule has 3 N–H and O–H groups in total. The summed E-state index contributed by atoms with van der Waals surface area (Å²) < 4.78 is 28.9. The highest BCUT2D eigenvalue weighted by Gasteiger charge is 2.24. The van der Waals surface area contributed by atoms with Crippen molar-refractivity contribution in [1.29, 1.82) is 0 Å². The van der Waals surface area contributed by atoms with E-state index in [1.807, 2.05) is 12.1 Å². The minimum absolute atomic E-state index is 0.0546. The third-order valence-electron chi connectivity index (χ3n) is 5.27. The Kier molecular flexibility index (Phi) is 8.08. The molecule has 6 nitrogen and oxygen atoms in total. The van der Waals surface area contributed by atoms with Crippen LogP contribution in [0.25, 0.3) is 0 Å². The molecule has 0 spiro atoms. The first-order valence-corrected chi connectivity index (χ1v) is 10.6. The summed E-state index contributed by atoms with van der Waals surface area (Å²) in [5.41, 5.74) is 2.64. The molecule has 0 saturated heterocycles. The fourth-order valence-corrected chi connectivity index (χ4v) is 3.55. The zero-order chi connectivity index (χ0) is 23.1. The molecule has 170 valence electrons. The molecule has 1 heterocycles. The normalized spacial score (nSPS) is 13.0. The van der Waals surface area contributed by atoms with Crippen LogP contribution in [0.5, 0.6) is 0 Å². The molecule has 8 heteroatoms. The Morgan fingerprint density at radius 1 is 1.12 bits per heavy atom. The monoisotopic (exact) mass is 442 g/mol. The van der Waals surface area contributed by atoms with Gasteiger partial charge >= 0.3 is 0 Å². The second kappa shape index (κ2) is 11.0. The number of amides is 1. The summed E-state index contributed by atoms with van der Waals surface area (Å²) in [6, 6.07) is 10.5. The molecule has 1 unspecified atom stereocenters. The molecule has 0 bridgehead atoms. The van der Waals surface area contributed by atoms with Crippen molar-refractivity contribution in [2.45, 2.75) is 38.5 Å². The average molecular weight is 443 g/mol. The van der Waals surface area contributed by atoms with Gasteiger partial charge in [0.25, 0.3) is 5.91 Å². The van der Waals surface area contributed by atoms with Gasteiger partial charge in [0.05, 0.1) is 12.1 Å². The predicted octanol–water partition coefficient (Wildman–Crippen LogP) is 2.75. The fourth-order valence-electron chi connectivity index (χ4n) is 3.55. The Morgan fingerprint density at radius 2 is 1.84 bits per heavy atom. The maximum Gasteiger partial charge on any atom is 0.287 e. The molecule has 0 radical (unpaired) electrons. The van der Waals surface area contributed by atoms with Gasteiger partial charge in [0.1, 0.15) is 11.6 Å². The van der Waals surface area contributed by atoms with Crippen LogP contribution in [0.15, 0.2) is 54.9 Å². The van der Waals surface area contributed by atoms with Gasteiger partial charge in [0.2, 0.25) is 0 Å². The number of nitrogens with one attached hydrogen (secondary N) is 2. The molecule has 1 aromatic heterocycles. The van der Waals surface area contributed by atoms with E-state index in [-0.39, 0.29) is 18.8 Å². The van der Waals surface area contributed by atoms with Crippen molar-refractivity contribution in [2.24, 2.45) is 7.05 Å². The summed E-state index contributed by atoms with van der Waals surface area (Å²) in [6.45, 7) is 2.81. The van der Waals surface area contributed by atoms with Crippen LogP contribution >= 0.6 is 0 Å². The Labute approximate surface area is 186 Å². The minimum Gasteiger partial charge on any atom is -0.390 e. The summed E-state index contributed by atoms with van der Waals surface area (Å²) in [7, 11) is 1.68. The van der Waals surface area contributed by atoms with Gasteiger partial charge in [-0.25, -0.2) is 13.8 Å². The molecule has 3 aromatic rings. The van der Waals surface area contributed by atoms with E-state index >= 15 is 0 Å². The van der Waals surface area contributed by atoms with E-state index in [0.717, 1.165) is 18.1 Å². The smallest absolute Gasteiger partial charge is 0.287 e. The Bertz CT molecular complexity index is 1030. The van der Waals surface area contributed by atoms with Gasteiger partial charge in [-0.15, -0.1) is 0 Å². The van der Waals surface area contributed by atoms with Crippen molar-refractivity contribution < 1.29 is 18.7 Å². The van der Waals surface area contributed by atoms with Gasteiger partial charge in [-0.3, -0.25) is 4.79 Å². The minimum atomic E-state index is -1.00. The number of aliphatic hydroxyl groups is 1. The predicted molar refractivity (Wildman–Crippen MR) is 118 cm³/mol. The van der Waals surface area contributed by atoms with Crippen LogP contribution in [0, 0.1) is 11.6 Å². The number of benzene rings is 2. The number of aryl methyl sites for hydroxylation is 2. The third kappa shape index (κ3) is 6.45. The lowest BCUT2D eigenvalue weighted by Crippen LogP contribution is -2.49. The van der Waals surface area contributed by atoms with E-state index < -0.39 is 29.7 Å². The average Bonchev–Trinajstić information content (AvgIpc) is 3.18. The molecule has 0 aliphatic carbocycles. The first-order valence-electron chi connectivity index (χ1n) is 10.6. The number of imidazole rings is 1. The standard InChI is InChI=1S/C24H28F2N4O2/c1-3-16-5-4-6-17(9-16)14-27-15-22(31)21(12-18-10-19(25)13-20(26)11-18)29-24(32)23-28-7-8-30(23)2/h4-11,13,21-22,27,31H,3,12,14-15H2,1-2H3,(H,29,32)/t21-,22?/m0/s1. The van der Waals surface area contributed by atoms with Crippen LogP contribution in [-0.4, -0.2) is 39.3 Å². The molecule has 2 atom stereocenters. The van der Waals surface area contributed by atoms with Crippen molar-refractivity contribution in [2.75, 3.05) is 6.54 Å². The molecule has 0 saturated carbocycles. The molecule has 0 aliphatic heterocycles. The van der Waals surface area contributed by atoms with Gasteiger partial charge in [0.15, 0.2) is 5.82 Å². The molecule has 0 fully saturated rings. The summed E-state index contributed by atoms with van der Waals surface area (Å²) >= 11 is 0. The number of carbonyl (C=O) groups is 1. The summed E-state index contributed by atoms with van der Waals surface area (Å²) in [5.74, 6) is -1.72. The number of rotatable bonds is 10. The number of hydrogen-bond acceptors (Lipinski definition) is 4. The summed E-state index contributed by atoms with van der Waals surface area (Å²) in [6.07, 6.45) is 3.11. The number of carbonyl (C=O) groups excluding carboxylic acids is 1. The van der Waals surface area contributed by atoms with Crippen LogP contribution in [-0.2, 0) is 26.4 Å². The first-order chi connectivity index (χ1) is 15.4. The molecule has 0 aliphatic rings. The lowest BCUT2D eigenvalue weighted by molar-refractivity contribution is 0.0817. The number of halogens is 2. The highest BCUT2D eigenvalue weighted by Crippen LogP contribution is 2.13. The van der Waals surface area contributed by atoms with Crippen molar-refractivity contribution in [3.63, 3.8) is 0 Å². The number of hydrogen-bond donors (Lipinski definition) is 3. The summed E-state index contributed by atoms with van der Waals surface area (Å²) in [4.78, 5) is 16.7. The second-order valence-electron chi connectivity index (χ2n) is 7.80. The van der Waals surface area contributed by atoms with Crippen molar-refractivity contribution in [3.8, 4) is 0 Å². The SMILES string of the molecule is CCc1cccc(CNCC(O)[C@H](Cc2cc(F)cc(F)c2)NC(=O)c2nccn2C)c1. The topological polar surface area (TPSA) is 79.2 Å². The molecule has 3 rings (SSSR count). The van der Waals surface area contributed by atoms with Gasteiger partial charge in [-0.2, -0.15) is 0 Å². The highest BCUT2D eigenvalue weighted by atomic mass is 19.1. The Morgan fingerprint density at radius 3 is 2.50 bits per heavy atom. The van der Waals surface area contributed by atoms with Crippen molar-refractivity contribution >= 4 is 5.91 Å². The van der Waals surface area contributed by atoms with Crippen molar-refractivity contribution in [3.05, 3.63) is 89.0 Å². The van der Waals surface area contributed by atoms with Gasteiger partial charge in [0, 0.05) is 38.6 Å². The molecule has 1 amide bonds. The molecule has 32 heavy (non-hydrogen) atoms. The van der Waals surface area contributed by atoms with E-state index in [2.05, 4.69) is 34.7 Å². The van der Waals surface area contributed by atoms with Gasteiger partial charge < -0.3 is 20.3 Å². The Balaban J connectivity index is 1.69. The number of aliphatic hydroxyl groups excluding tert-OH is 1. The largest absolute Gasteiger partial charge is 0.390 e. The fraction of sp³-hybridized carbons (Fsp3) is 0.333. The van der Waals surface area contributed by atoms with Crippen molar-refractivity contribution in [1.82, 2.24) is 20.2 Å². The van der Waals surface area contributed by atoms with E-state index in [0.29, 0.717) is 12.1 Å². The van der Waals surface area contributed by atoms with Crippen LogP contribution in [0.3, 0.4) is 0 Å². The molecular weight excluding hydrogens is 414 g/mol. The molecular formula is C24H28F2N4O2. The van der Waals surface area contributed by atoms with Crippen LogP contribution in [0.2, 0.25) is 0 Å². The highest BCUT2D eigenvalue weighted by molar-refractivity contribution is 5.91. The number of nitrogens with zero attached hydrogens (tertiary/aromatic N) is 2. The van der Waals surface area contributed by atoms with E-state index in [1.165, 1.54) is 23.9 Å². The van der Waals surface area contributed by atoms with E-state index in [4.69, 9.17) is 0 Å². The lowest BCUT2D eigenvalue weighted by Gasteiger charge is -2.25. The maximum absolute atomic E-state index is 13.7. The van der Waals surface area contributed by atoms with Gasteiger partial charge in [-0.05, 0) is 41.7 Å². The van der Waals surface area contributed by atoms with Gasteiger partial charge in [-0.1, -0.05) is 31.2 Å². The quantitative estimate of drug-likeness (QED) is 0.451. The Hall–Kier alpha value is -3.10.